The lowest BCUT2D eigenvalue weighted by molar-refractivity contribution is 0.282. The predicted molar refractivity (Wildman–Crippen MR) is 85.8 cm³/mol. The molecule has 0 aliphatic carbocycles. The molecule has 2 aromatic heterocycles. The van der Waals surface area contributed by atoms with Crippen molar-refractivity contribution in [1.29, 1.82) is 0 Å². The van der Waals surface area contributed by atoms with Crippen LogP contribution in [0.2, 0.25) is 0 Å². The summed E-state index contributed by atoms with van der Waals surface area (Å²) >= 11 is 0. The van der Waals surface area contributed by atoms with Gasteiger partial charge in [-0.2, -0.15) is 5.10 Å². The molecule has 2 heterocycles. The maximum atomic E-state index is 9.34. The van der Waals surface area contributed by atoms with Crippen LogP contribution < -0.4 is 5.32 Å². The Morgan fingerprint density at radius 2 is 1.95 bits per heavy atom. The van der Waals surface area contributed by atoms with E-state index in [1.54, 1.807) is 12.4 Å². The van der Waals surface area contributed by atoms with Crippen LogP contribution in [0, 0.1) is 6.92 Å². The first-order valence-electron chi connectivity index (χ1n) is 7.16. The molecule has 0 atom stereocenters. The van der Waals surface area contributed by atoms with E-state index in [1.165, 1.54) is 0 Å². The van der Waals surface area contributed by atoms with Crippen molar-refractivity contribution in [3.63, 3.8) is 0 Å². The van der Waals surface area contributed by atoms with Crippen LogP contribution in [-0.4, -0.2) is 19.9 Å². The summed E-state index contributed by atoms with van der Waals surface area (Å²) in [5, 5.41) is 17.2. The highest BCUT2D eigenvalue weighted by molar-refractivity contribution is 5.49. The van der Waals surface area contributed by atoms with E-state index in [0.717, 1.165) is 28.2 Å². The number of para-hydroxylation sites is 1. The molecule has 0 unspecified atom stereocenters. The zero-order valence-corrected chi connectivity index (χ0v) is 12.4. The molecule has 0 bridgehead atoms. The Bertz CT molecular complexity index is 752. The number of aryl methyl sites for hydroxylation is 1. The summed E-state index contributed by atoms with van der Waals surface area (Å²) in [5.41, 5.74) is 4.80. The lowest BCUT2D eigenvalue weighted by atomic mass is 10.2. The highest BCUT2D eigenvalue weighted by Crippen LogP contribution is 2.17. The maximum absolute atomic E-state index is 9.34. The Morgan fingerprint density at radius 1 is 1.14 bits per heavy atom. The fourth-order valence-corrected chi connectivity index (χ4v) is 2.29. The van der Waals surface area contributed by atoms with E-state index in [9.17, 15) is 5.11 Å². The third kappa shape index (κ3) is 2.99. The summed E-state index contributed by atoms with van der Waals surface area (Å²) in [4.78, 5) is 4.09. The van der Waals surface area contributed by atoms with Crippen molar-refractivity contribution < 1.29 is 5.11 Å². The maximum Gasteiger partial charge on any atom is 0.0703 e. The van der Waals surface area contributed by atoms with Gasteiger partial charge < -0.3 is 10.4 Å². The molecule has 3 rings (SSSR count). The van der Waals surface area contributed by atoms with Gasteiger partial charge in [0.2, 0.25) is 0 Å². The van der Waals surface area contributed by atoms with Gasteiger partial charge in [-0.05, 0) is 25.1 Å². The van der Waals surface area contributed by atoms with Gasteiger partial charge in [0.05, 0.1) is 29.9 Å². The predicted octanol–water partition coefficient (Wildman–Crippen LogP) is 2.68. The number of hydrogen-bond donors (Lipinski definition) is 2. The van der Waals surface area contributed by atoms with Gasteiger partial charge in [-0.25, -0.2) is 4.68 Å². The van der Waals surface area contributed by atoms with Crippen molar-refractivity contribution in [2.45, 2.75) is 20.1 Å². The number of anilines is 1. The van der Waals surface area contributed by atoms with Gasteiger partial charge in [0.1, 0.15) is 0 Å². The second kappa shape index (κ2) is 6.41. The van der Waals surface area contributed by atoms with Crippen LogP contribution in [0.4, 0.5) is 5.69 Å². The fraction of sp³-hybridized carbons (Fsp3) is 0.176. The van der Waals surface area contributed by atoms with Gasteiger partial charge >= 0.3 is 0 Å². The number of nitrogens with zero attached hydrogens (tertiary/aromatic N) is 3. The molecular formula is C17H18N4O. The first kappa shape index (κ1) is 14.3. The summed E-state index contributed by atoms with van der Waals surface area (Å²) in [6.45, 7) is 2.62. The third-order valence-corrected chi connectivity index (χ3v) is 3.57. The molecule has 0 saturated heterocycles. The lowest BCUT2D eigenvalue weighted by Gasteiger charge is -2.09. The number of aliphatic hydroxyl groups is 1. The number of aromatic nitrogens is 3. The third-order valence-electron chi connectivity index (χ3n) is 3.57. The molecule has 0 amide bonds. The van der Waals surface area contributed by atoms with E-state index >= 15 is 0 Å². The Balaban J connectivity index is 1.78. The number of hydrogen-bond acceptors (Lipinski definition) is 4. The molecule has 22 heavy (non-hydrogen) atoms. The number of benzene rings is 1. The molecule has 3 aromatic rings. The van der Waals surface area contributed by atoms with Gasteiger partial charge in [0.25, 0.3) is 0 Å². The molecule has 5 nitrogen and oxygen atoms in total. The molecule has 0 fully saturated rings. The molecule has 0 aliphatic heterocycles. The Morgan fingerprint density at radius 3 is 2.73 bits per heavy atom. The largest absolute Gasteiger partial charge is 0.392 e. The number of rotatable bonds is 5. The quantitative estimate of drug-likeness (QED) is 0.759. The molecule has 0 saturated carbocycles. The van der Waals surface area contributed by atoms with E-state index in [-0.39, 0.29) is 6.61 Å². The summed E-state index contributed by atoms with van der Waals surface area (Å²) in [7, 11) is 0. The first-order valence-corrected chi connectivity index (χ1v) is 7.16. The fourth-order valence-electron chi connectivity index (χ4n) is 2.29. The monoisotopic (exact) mass is 294 g/mol. The minimum Gasteiger partial charge on any atom is -0.392 e. The molecule has 0 radical (unpaired) electrons. The van der Waals surface area contributed by atoms with Crippen molar-refractivity contribution >= 4 is 5.69 Å². The smallest absolute Gasteiger partial charge is 0.0703 e. The average molecular weight is 294 g/mol. The van der Waals surface area contributed by atoms with Crippen molar-refractivity contribution in [3.05, 3.63) is 71.8 Å². The highest BCUT2D eigenvalue weighted by Gasteiger charge is 2.07. The molecule has 5 heteroatoms. The number of nitrogens with one attached hydrogen (secondary N) is 1. The molecule has 1 aromatic carbocycles. The Labute approximate surface area is 129 Å². The summed E-state index contributed by atoms with van der Waals surface area (Å²) in [6, 6.07) is 11.8. The van der Waals surface area contributed by atoms with Crippen LogP contribution in [0.5, 0.6) is 0 Å². The molecular weight excluding hydrogens is 276 g/mol. The summed E-state index contributed by atoms with van der Waals surface area (Å²) in [6.07, 6.45) is 5.42. The van der Waals surface area contributed by atoms with Crippen LogP contribution in [0.3, 0.4) is 0 Å². The van der Waals surface area contributed by atoms with Crippen molar-refractivity contribution in [2.24, 2.45) is 0 Å². The van der Waals surface area contributed by atoms with Crippen molar-refractivity contribution in [3.8, 4) is 5.69 Å². The van der Waals surface area contributed by atoms with E-state index in [4.69, 9.17) is 0 Å². The second-order valence-electron chi connectivity index (χ2n) is 5.06. The molecule has 0 spiro atoms. The molecule has 112 valence electrons. The zero-order valence-electron chi connectivity index (χ0n) is 12.4. The molecule has 0 aliphatic rings. The van der Waals surface area contributed by atoms with Crippen LogP contribution in [-0.2, 0) is 13.2 Å². The van der Waals surface area contributed by atoms with E-state index in [0.29, 0.717) is 6.54 Å². The zero-order chi connectivity index (χ0) is 15.4. The van der Waals surface area contributed by atoms with Gasteiger partial charge in [-0.1, -0.05) is 18.2 Å². The van der Waals surface area contributed by atoms with E-state index < -0.39 is 0 Å². The lowest BCUT2D eigenvalue weighted by Crippen LogP contribution is -2.03. The summed E-state index contributed by atoms with van der Waals surface area (Å²) in [5.74, 6) is 0. The van der Waals surface area contributed by atoms with E-state index in [1.807, 2.05) is 54.2 Å². The topological polar surface area (TPSA) is 63.0 Å². The SMILES string of the molecule is Cc1nn(-c2ccccc2)cc1CNc1cnccc1CO. The van der Waals surface area contributed by atoms with E-state index in [2.05, 4.69) is 15.4 Å². The van der Waals surface area contributed by atoms with Crippen molar-refractivity contribution in [2.75, 3.05) is 5.32 Å². The minimum absolute atomic E-state index is 0.00683. The first-order chi connectivity index (χ1) is 10.8. The normalized spacial score (nSPS) is 10.6. The van der Waals surface area contributed by atoms with Crippen LogP contribution in [0.15, 0.2) is 55.0 Å². The standard InChI is InChI=1S/C17H18N4O/c1-13-15(9-19-17-10-18-8-7-14(17)12-22)11-21(20-13)16-5-3-2-4-6-16/h2-8,10-11,19,22H,9,12H2,1H3. The number of aliphatic hydroxyl groups excluding tert-OH is 1. The van der Waals surface area contributed by atoms with Crippen LogP contribution in [0.1, 0.15) is 16.8 Å². The minimum atomic E-state index is -0.00683. The van der Waals surface area contributed by atoms with Crippen molar-refractivity contribution in [1.82, 2.24) is 14.8 Å². The van der Waals surface area contributed by atoms with Gasteiger partial charge in [0, 0.05) is 30.1 Å². The number of pyridine rings is 1. The second-order valence-corrected chi connectivity index (χ2v) is 5.06. The molecule has 2 N–H and O–H groups in total. The highest BCUT2D eigenvalue weighted by atomic mass is 16.3. The van der Waals surface area contributed by atoms with Crippen LogP contribution >= 0.6 is 0 Å². The van der Waals surface area contributed by atoms with Crippen LogP contribution in [0.25, 0.3) is 5.69 Å². The Hall–Kier alpha value is -2.66. The average Bonchev–Trinajstić information content (AvgIpc) is 2.95. The summed E-state index contributed by atoms with van der Waals surface area (Å²) < 4.78 is 1.88. The van der Waals surface area contributed by atoms with Gasteiger partial charge in [0.15, 0.2) is 0 Å². The Kier molecular flexibility index (Phi) is 4.16. The van der Waals surface area contributed by atoms with Gasteiger partial charge in [-0.15, -0.1) is 0 Å². The van der Waals surface area contributed by atoms with Gasteiger partial charge in [-0.3, -0.25) is 4.98 Å².